The molecule has 0 unspecified atom stereocenters. The first-order valence-corrected chi connectivity index (χ1v) is 9.72. The number of amides is 1. The van der Waals surface area contributed by atoms with Gasteiger partial charge in [-0.15, -0.1) is 22.7 Å². The topological polar surface area (TPSA) is 55.4 Å². The normalized spacial score (nSPS) is 14.1. The van der Waals surface area contributed by atoms with Crippen molar-refractivity contribution in [2.24, 2.45) is 0 Å². The molecule has 4 nitrogen and oxygen atoms in total. The minimum atomic E-state index is -4.48. The van der Waals surface area contributed by atoms with Crippen molar-refractivity contribution >= 4 is 39.4 Å². The molecule has 3 rings (SSSR count). The summed E-state index contributed by atoms with van der Waals surface area (Å²) < 4.78 is 40.7. The summed E-state index contributed by atoms with van der Waals surface area (Å²) in [5, 5.41) is 4.77. The van der Waals surface area contributed by atoms with Crippen LogP contribution >= 0.6 is 22.7 Å². The SMILES string of the molecule is O=C(COCC(F)(F)F)Nc1sc2c(c1C(=O)c1cccs1)CCCC2. The van der Waals surface area contributed by atoms with E-state index in [-0.39, 0.29) is 5.78 Å². The van der Waals surface area contributed by atoms with Crippen LogP contribution in [0, 0.1) is 0 Å². The van der Waals surface area contributed by atoms with Gasteiger partial charge in [0.05, 0.1) is 10.4 Å². The van der Waals surface area contributed by atoms with Crippen LogP contribution in [0.2, 0.25) is 0 Å². The summed E-state index contributed by atoms with van der Waals surface area (Å²) in [6.45, 7) is -2.20. The summed E-state index contributed by atoms with van der Waals surface area (Å²) in [6, 6.07) is 3.50. The Bertz CT molecular complexity index is 797. The van der Waals surface area contributed by atoms with Crippen molar-refractivity contribution in [3.63, 3.8) is 0 Å². The minimum Gasteiger partial charge on any atom is -0.362 e. The molecule has 1 amide bonds. The molecule has 1 aliphatic rings. The Hall–Kier alpha value is -1.71. The molecular formula is C17H16F3NO3S2. The van der Waals surface area contributed by atoms with Gasteiger partial charge in [-0.05, 0) is 42.7 Å². The summed E-state index contributed by atoms with van der Waals surface area (Å²) in [4.78, 5) is 26.5. The first-order valence-electron chi connectivity index (χ1n) is 8.02. The van der Waals surface area contributed by atoms with Gasteiger partial charge in [-0.3, -0.25) is 9.59 Å². The molecule has 2 aromatic rings. The van der Waals surface area contributed by atoms with E-state index in [4.69, 9.17) is 0 Å². The maximum absolute atomic E-state index is 12.9. The number of anilines is 1. The Kier molecular flexibility index (Phi) is 5.79. The number of carbonyl (C=O) groups excluding carboxylic acids is 2. The maximum atomic E-state index is 12.9. The Morgan fingerprint density at radius 1 is 1.23 bits per heavy atom. The van der Waals surface area contributed by atoms with Gasteiger partial charge in [0, 0.05) is 4.88 Å². The van der Waals surface area contributed by atoms with Crippen molar-refractivity contribution < 1.29 is 27.5 Å². The third-order valence-electron chi connectivity index (χ3n) is 3.90. The number of aryl methyl sites for hydroxylation is 1. The number of rotatable bonds is 6. The molecule has 1 N–H and O–H groups in total. The van der Waals surface area contributed by atoms with Gasteiger partial charge in [0.2, 0.25) is 5.78 Å². The number of alkyl halides is 3. The van der Waals surface area contributed by atoms with Gasteiger partial charge in [0.25, 0.3) is 5.91 Å². The molecule has 1 aliphatic carbocycles. The highest BCUT2D eigenvalue weighted by Crippen LogP contribution is 2.39. The largest absolute Gasteiger partial charge is 0.411 e. The molecule has 0 aliphatic heterocycles. The first-order chi connectivity index (χ1) is 12.3. The van der Waals surface area contributed by atoms with E-state index in [1.807, 2.05) is 0 Å². The van der Waals surface area contributed by atoms with E-state index < -0.39 is 25.3 Å². The number of ketones is 1. The van der Waals surface area contributed by atoms with Crippen LogP contribution in [0.25, 0.3) is 0 Å². The van der Waals surface area contributed by atoms with E-state index in [1.165, 1.54) is 22.7 Å². The fourth-order valence-electron chi connectivity index (χ4n) is 2.85. The van der Waals surface area contributed by atoms with E-state index in [9.17, 15) is 22.8 Å². The van der Waals surface area contributed by atoms with Gasteiger partial charge in [-0.2, -0.15) is 13.2 Å². The molecule has 0 spiro atoms. The van der Waals surface area contributed by atoms with Gasteiger partial charge in [-0.1, -0.05) is 6.07 Å². The highest BCUT2D eigenvalue weighted by Gasteiger charge is 2.29. The summed E-state index contributed by atoms with van der Waals surface area (Å²) >= 11 is 2.65. The lowest BCUT2D eigenvalue weighted by Gasteiger charge is -2.12. The van der Waals surface area contributed by atoms with Crippen LogP contribution in [0.15, 0.2) is 17.5 Å². The van der Waals surface area contributed by atoms with Gasteiger partial charge in [0.15, 0.2) is 0 Å². The van der Waals surface area contributed by atoms with E-state index >= 15 is 0 Å². The van der Waals surface area contributed by atoms with Crippen LogP contribution in [0.4, 0.5) is 18.2 Å². The Morgan fingerprint density at radius 2 is 2.00 bits per heavy atom. The van der Waals surface area contributed by atoms with Crippen molar-refractivity contribution in [2.75, 3.05) is 18.5 Å². The smallest absolute Gasteiger partial charge is 0.362 e. The quantitative estimate of drug-likeness (QED) is 0.726. The average Bonchev–Trinajstić information content (AvgIpc) is 3.20. The summed E-state index contributed by atoms with van der Waals surface area (Å²) in [6.07, 6.45) is -0.898. The second-order valence-corrected chi connectivity index (χ2v) is 7.93. The molecule has 26 heavy (non-hydrogen) atoms. The number of fused-ring (bicyclic) bond motifs is 1. The zero-order chi connectivity index (χ0) is 18.7. The van der Waals surface area contributed by atoms with Crippen LogP contribution in [-0.4, -0.2) is 31.1 Å². The van der Waals surface area contributed by atoms with Crippen LogP contribution in [-0.2, 0) is 22.4 Å². The zero-order valence-corrected chi connectivity index (χ0v) is 15.3. The summed E-state index contributed by atoms with van der Waals surface area (Å²) in [7, 11) is 0. The molecule has 9 heteroatoms. The second-order valence-electron chi connectivity index (χ2n) is 5.88. The van der Waals surface area contributed by atoms with Crippen molar-refractivity contribution in [3.05, 3.63) is 38.4 Å². The Morgan fingerprint density at radius 3 is 2.69 bits per heavy atom. The highest BCUT2D eigenvalue weighted by molar-refractivity contribution is 7.17. The molecule has 0 bridgehead atoms. The van der Waals surface area contributed by atoms with Crippen LogP contribution in [0.3, 0.4) is 0 Å². The standard InChI is InChI=1S/C17H16F3NO3S2/c18-17(19,20)9-24-8-13(22)21-16-14(15(23)12-6-3-7-25-12)10-4-1-2-5-11(10)26-16/h3,6-7H,1-2,4-5,8-9H2,(H,21,22). The van der Waals surface area contributed by atoms with Gasteiger partial charge in [-0.25, -0.2) is 0 Å². The third-order valence-corrected chi connectivity index (χ3v) is 5.97. The number of halogens is 3. The van der Waals surface area contributed by atoms with E-state index in [2.05, 4.69) is 10.1 Å². The third kappa shape index (κ3) is 4.52. The van der Waals surface area contributed by atoms with Crippen molar-refractivity contribution in [3.8, 4) is 0 Å². The highest BCUT2D eigenvalue weighted by atomic mass is 32.1. The predicted molar refractivity (Wildman–Crippen MR) is 94.2 cm³/mol. The van der Waals surface area contributed by atoms with Crippen LogP contribution < -0.4 is 5.32 Å². The molecule has 2 aromatic heterocycles. The Balaban J connectivity index is 1.79. The number of ether oxygens (including phenoxy) is 1. The molecule has 0 fully saturated rings. The monoisotopic (exact) mass is 403 g/mol. The van der Waals surface area contributed by atoms with Crippen LogP contribution in [0.1, 0.15) is 38.5 Å². The number of hydrogen-bond donors (Lipinski definition) is 1. The molecule has 0 aromatic carbocycles. The number of hydrogen-bond acceptors (Lipinski definition) is 5. The van der Waals surface area contributed by atoms with Gasteiger partial charge < -0.3 is 10.1 Å². The van der Waals surface area contributed by atoms with Crippen LogP contribution in [0.5, 0.6) is 0 Å². The molecule has 0 saturated carbocycles. The Labute approximate surface area is 156 Å². The summed E-state index contributed by atoms with van der Waals surface area (Å²) in [5.41, 5.74) is 1.42. The fraction of sp³-hybridized carbons (Fsp3) is 0.412. The lowest BCUT2D eigenvalue weighted by molar-refractivity contribution is -0.174. The van der Waals surface area contributed by atoms with Crippen molar-refractivity contribution in [1.82, 2.24) is 0 Å². The summed E-state index contributed by atoms with van der Waals surface area (Å²) in [5.74, 6) is -0.862. The zero-order valence-electron chi connectivity index (χ0n) is 13.6. The molecular weight excluding hydrogens is 387 g/mol. The molecule has 140 valence electrons. The average molecular weight is 403 g/mol. The molecule has 0 saturated heterocycles. The minimum absolute atomic E-state index is 0.161. The van der Waals surface area contributed by atoms with E-state index in [0.717, 1.165) is 36.1 Å². The number of thiophene rings is 2. The molecule has 0 radical (unpaired) electrons. The first kappa shape index (κ1) is 19.1. The lowest BCUT2D eigenvalue weighted by atomic mass is 9.93. The van der Waals surface area contributed by atoms with E-state index in [1.54, 1.807) is 17.5 Å². The second kappa shape index (κ2) is 7.89. The van der Waals surface area contributed by atoms with Crippen molar-refractivity contribution in [1.29, 1.82) is 0 Å². The maximum Gasteiger partial charge on any atom is 0.411 e. The molecule has 2 heterocycles. The number of nitrogens with one attached hydrogen (secondary N) is 1. The lowest BCUT2D eigenvalue weighted by Crippen LogP contribution is -2.24. The predicted octanol–water partition coefficient (Wildman–Crippen LogP) is 4.44. The van der Waals surface area contributed by atoms with Gasteiger partial charge >= 0.3 is 6.18 Å². The molecule has 0 atom stereocenters. The fourth-order valence-corrected chi connectivity index (χ4v) is 4.82. The van der Waals surface area contributed by atoms with Gasteiger partial charge in [0.1, 0.15) is 18.2 Å². The van der Waals surface area contributed by atoms with E-state index in [0.29, 0.717) is 15.4 Å². The van der Waals surface area contributed by atoms with Crippen molar-refractivity contribution in [2.45, 2.75) is 31.9 Å². The number of carbonyl (C=O) groups is 2.